The van der Waals surface area contributed by atoms with Crippen LogP contribution in [0.15, 0.2) is 24.5 Å². The van der Waals surface area contributed by atoms with Crippen LogP contribution in [0.5, 0.6) is 0 Å². The third-order valence-electron chi connectivity index (χ3n) is 2.84. The monoisotopic (exact) mass is 236 g/mol. The van der Waals surface area contributed by atoms with Gasteiger partial charge in [0.15, 0.2) is 0 Å². The molecule has 0 aliphatic carbocycles. The molecule has 1 aromatic heterocycles. The van der Waals surface area contributed by atoms with Gasteiger partial charge in [0.25, 0.3) is 0 Å². The minimum Gasteiger partial charge on any atom is -0.468 e. The first-order valence-corrected chi connectivity index (χ1v) is 5.62. The van der Waals surface area contributed by atoms with E-state index in [0.29, 0.717) is 13.2 Å². The SMILES string of the molecule is COC(=O)C(c1cccnc1)N1CCOCC1. The summed E-state index contributed by atoms with van der Waals surface area (Å²) in [6.07, 6.45) is 3.40. The Labute approximate surface area is 100 Å². The highest BCUT2D eigenvalue weighted by molar-refractivity contribution is 5.77. The van der Waals surface area contributed by atoms with Crippen LogP contribution in [0.1, 0.15) is 11.6 Å². The highest BCUT2D eigenvalue weighted by Crippen LogP contribution is 2.22. The molecule has 0 radical (unpaired) electrons. The second-order valence-electron chi connectivity index (χ2n) is 3.86. The second-order valence-corrected chi connectivity index (χ2v) is 3.86. The molecule has 0 saturated carbocycles. The van der Waals surface area contributed by atoms with E-state index >= 15 is 0 Å². The van der Waals surface area contributed by atoms with Gasteiger partial charge in [-0.05, 0) is 11.6 Å². The molecule has 1 aromatic rings. The average molecular weight is 236 g/mol. The van der Waals surface area contributed by atoms with Crippen LogP contribution in [0.3, 0.4) is 0 Å². The Bertz CT molecular complexity index is 363. The van der Waals surface area contributed by atoms with Crippen LogP contribution < -0.4 is 0 Å². The Kier molecular flexibility index (Phi) is 4.06. The quantitative estimate of drug-likeness (QED) is 0.720. The summed E-state index contributed by atoms with van der Waals surface area (Å²) in [4.78, 5) is 18.0. The fourth-order valence-corrected chi connectivity index (χ4v) is 1.98. The predicted molar refractivity (Wildman–Crippen MR) is 61.4 cm³/mol. The number of morpholine rings is 1. The molecular weight excluding hydrogens is 220 g/mol. The molecule has 1 fully saturated rings. The maximum atomic E-state index is 11.9. The molecule has 0 aromatic carbocycles. The first kappa shape index (κ1) is 12.0. The standard InChI is InChI=1S/C12H16N2O3/c1-16-12(15)11(10-3-2-4-13-9-10)14-5-7-17-8-6-14/h2-4,9,11H,5-8H2,1H3. The van der Waals surface area contributed by atoms with E-state index < -0.39 is 0 Å². The average Bonchev–Trinajstić information content (AvgIpc) is 2.41. The van der Waals surface area contributed by atoms with Gasteiger partial charge in [-0.25, -0.2) is 4.79 Å². The van der Waals surface area contributed by atoms with E-state index in [1.807, 2.05) is 12.1 Å². The Morgan fingerprint density at radius 2 is 2.29 bits per heavy atom. The number of esters is 1. The molecule has 5 nitrogen and oxygen atoms in total. The normalized spacial score (nSPS) is 18.6. The molecule has 1 atom stereocenters. The number of carbonyl (C=O) groups is 1. The van der Waals surface area contributed by atoms with E-state index in [9.17, 15) is 4.79 Å². The first-order chi connectivity index (χ1) is 8.33. The van der Waals surface area contributed by atoms with E-state index in [-0.39, 0.29) is 12.0 Å². The van der Waals surface area contributed by atoms with Gasteiger partial charge in [-0.2, -0.15) is 0 Å². The molecule has 0 bridgehead atoms. The Morgan fingerprint density at radius 1 is 1.53 bits per heavy atom. The van der Waals surface area contributed by atoms with Crippen molar-refractivity contribution in [1.29, 1.82) is 0 Å². The number of methoxy groups -OCH3 is 1. The van der Waals surface area contributed by atoms with Crippen LogP contribution in [0.25, 0.3) is 0 Å². The lowest BCUT2D eigenvalue weighted by Crippen LogP contribution is -2.42. The largest absolute Gasteiger partial charge is 0.468 e. The number of pyridine rings is 1. The van der Waals surface area contributed by atoms with Crippen molar-refractivity contribution in [3.05, 3.63) is 30.1 Å². The molecule has 2 rings (SSSR count). The van der Waals surface area contributed by atoms with Crippen molar-refractivity contribution in [2.75, 3.05) is 33.4 Å². The van der Waals surface area contributed by atoms with Gasteiger partial charge < -0.3 is 9.47 Å². The van der Waals surface area contributed by atoms with E-state index in [1.165, 1.54) is 7.11 Å². The van der Waals surface area contributed by atoms with E-state index in [2.05, 4.69) is 9.88 Å². The third kappa shape index (κ3) is 2.81. The zero-order valence-electron chi connectivity index (χ0n) is 9.83. The summed E-state index contributed by atoms with van der Waals surface area (Å²) in [5.41, 5.74) is 0.862. The fraction of sp³-hybridized carbons (Fsp3) is 0.500. The van der Waals surface area contributed by atoms with Crippen molar-refractivity contribution in [2.24, 2.45) is 0 Å². The van der Waals surface area contributed by atoms with Gasteiger partial charge in [0, 0.05) is 25.5 Å². The van der Waals surface area contributed by atoms with Crippen LogP contribution in [-0.2, 0) is 14.3 Å². The minimum absolute atomic E-state index is 0.250. The van der Waals surface area contributed by atoms with Crippen LogP contribution >= 0.6 is 0 Å². The van der Waals surface area contributed by atoms with Crippen LogP contribution in [-0.4, -0.2) is 49.3 Å². The van der Waals surface area contributed by atoms with Crippen LogP contribution in [0, 0.1) is 0 Å². The van der Waals surface area contributed by atoms with Crippen molar-refractivity contribution >= 4 is 5.97 Å². The lowest BCUT2D eigenvalue weighted by molar-refractivity contribution is -0.149. The van der Waals surface area contributed by atoms with Crippen molar-refractivity contribution in [3.63, 3.8) is 0 Å². The second kappa shape index (κ2) is 5.75. The van der Waals surface area contributed by atoms with Crippen molar-refractivity contribution in [2.45, 2.75) is 6.04 Å². The van der Waals surface area contributed by atoms with E-state index in [1.54, 1.807) is 12.4 Å². The molecule has 1 unspecified atom stereocenters. The van der Waals surface area contributed by atoms with Gasteiger partial charge >= 0.3 is 5.97 Å². The lowest BCUT2D eigenvalue weighted by atomic mass is 10.1. The lowest BCUT2D eigenvalue weighted by Gasteiger charge is -2.32. The molecule has 17 heavy (non-hydrogen) atoms. The number of hydrogen-bond acceptors (Lipinski definition) is 5. The van der Waals surface area contributed by atoms with Crippen molar-refractivity contribution < 1.29 is 14.3 Å². The van der Waals surface area contributed by atoms with E-state index in [0.717, 1.165) is 18.7 Å². The number of rotatable bonds is 3. The summed E-state index contributed by atoms with van der Waals surface area (Å²) in [5, 5.41) is 0. The molecule has 1 aliphatic rings. The number of nitrogens with zero attached hydrogens (tertiary/aromatic N) is 2. The molecule has 2 heterocycles. The van der Waals surface area contributed by atoms with Gasteiger partial charge in [-0.3, -0.25) is 9.88 Å². The Hall–Kier alpha value is -1.46. The zero-order valence-corrected chi connectivity index (χ0v) is 9.83. The molecule has 1 aliphatic heterocycles. The summed E-state index contributed by atoms with van der Waals surface area (Å²) < 4.78 is 10.2. The molecular formula is C12H16N2O3. The topological polar surface area (TPSA) is 51.7 Å². The molecule has 1 saturated heterocycles. The van der Waals surface area contributed by atoms with Gasteiger partial charge in [0.05, 0.1) is 20.3 Å². The van der Waals surface area contributed by atoms with Crippen LogP contribution in [0.4, 0.5) is 0 Å². The minimum atomic E-state index is -0.377. The number of carbonyl (C=O) groups excluding carboxylic acids is 1. The van der Waals surface area contributed by atoms with Crippen LogP contribution in [0.2, 0.25) is 0 Å². The number of ether oxygens (including phenoxy) is 2. The smallest absolute Gasteiger partial charge is 0.327 e. The van der Waals surface area contributed by atoms with Gasteiger partial charge in [-0.1, -0.05) is 6.07 Å². The van der Waals surface area contributed by atoms with Gasteiger partial charge in [0.1, 0.15) is 6.04 Å². The summed E-state index contributed by atoms with van der Waals surface area (Å²) in [6, 6.07) is 3.34. The number of aromatic nitrogens is 1. The summed E-state index contributed by atoms with van der Waals surface area (Å²) in [7, 11) is 1.41. The molecule has 0 N–H and O–H groups in total. The summed E-state index contributed by atoms with van der Waals surface area (Å²) >= 11 is 0. The van der Waals surface area contributed by atoms with Crippen molar-refractivity contribution in [3.8, 4) is 0 Å². The highest BCUT2D eigenvalue weighted by atomic mass is 16.5. The Balaban J connectivity index is 2.21. The maximum Gasteiger partial charge on any atom is 0.327 e. The molecule has 5 heteroatoms. The first-order valence-electron chi connectivity index (χ1n) is 5.62. The van der Waals surface area contributed by atoms with Gasteiger partial charge in [-0.15, -0.1) is 0 Å². The van der Waals surface area contributed by atoms with Crippen molar-refractivity contribution in [1.82, 2.24) is 9.88 Å². The predicted octanol–water partition coefficient (Wildman–Crippen LogP) is 0.628. The fourth-order valence-electron chi connectivity index (χ4n) is 1.98. The Morgan fingerprint density at radius 3 is 2.88 bits per heavy atom. The molecule has 92 valence electrons. The zero-order chi connectivity index (χ0) is 12.1. The van der Waals surface area contributed by atoms with Gasteiger partial charge in [0.2, 0.25) is 0 Å². The molecule has 0 amide bonds. The third-order valence-corrected chi connectivity index (χ3v) is 2.84. The van der Waals surface area contributed by atoms with E-state index in [4.69, 9.17) is 9.47 Å². The summed E-state index contributed by atoms with van der Waals surface area (Å²) in [5.74, 6) is -0.250. The highest BCUT2D eigenvalue weighted by Gasteiger charge is 2.29. The molecule has 0 spiro atoms. The maximum absolute atomic E-state index is 11.9. The number of hydrogen-bond donors (Lipinski definition) is 0. The summed E-state index contributed by atoms with van der Waals surface area (Å²) in [6.45, 7) is 2.75.